The van der Waals surface area contributed by atoms with E-state index < -0.39 is 0 Å². The molecule has 0 aliphatic carbocycles. The van der Waals surface area contributed by atoms with Crippen molar-refractivity contribution in [1.29, 1.82) is 0 Å². The molecular formula is C15H24N2O3. The van der Waals surface area contributed by atoms with E-state index in [1.54, 1.807) is 7.11 Å². The molecule has 0 saturated heterocycles. The van der Waals surface area contributed by atoms with Crippen molar-refractivity contribution in [3.8, 4) is 11.5 Å². The molecule has 0 spiro atoms. The summed E-state index contributed by atoms with van der Waals surface area (Å²) in [4.78, 5) is 11.4. The summed E-state index contributed by atoms with van der Waals surface area (Å²) in [6, 6.07) is 5.65. The van der Waals surface area contributed by atoms with Crippen molar-refractivity contribution in [3.05, 3.63) is 23.8 Å². The molecule has 3 N–H and O–H groups in total. The average Bonchev–Trinajstić information content (AvgIpc) is 2.40. The van der Waals surface area contributed by atoms with Crippen molar-refractivity contribution in [2.45, 2.75) is 32.7 Å². The van der Waals surface area contributed by atoms with Crippen LogP contribution in [0.3, 0.4) is 0 Å². The van der Waals surface area contributed by atoms with Crippen molar-refractivity contribution in [1.82, 2.24) is 5.32 Å². The fourth-order valence-corrected chi connectivity index (χ4v) is 1.87. The fraction of sp³-hybridized carbons (Fsp3) is 0.533. The average molecular weight is 280 g/mol. The van der Waals surface area contributed by atoms with Gasteiger partial charge in [-0.25, -0.2) is 0 Å². The third kappa shape index (κ3) is 5.48. The van der Waals surface area contributed by atoms with Gasteiger partial charge >= 0.3 is 0 Å². The predicted molar refractivity (Wildman–Crippen MR) is 79.1 cm³/mol. The largest absolute Gasteiger partial charge is 0.497 e. The first-order chi connectivity index (χ1) is 9.56. The third-order valence-corrected chi connectivity index (χ3v) is 2.77. The Morgan fingerprint density at radius 1 is 1.45 bits per heavy atom. The van der Waals surface area contributed by atoms with E-state index in [9.17, 15) is 4.79 Å². The van der Waals surface area contributed by atoms with Gasteiger partial charge in [-0.1, -0.05) is 0 Å². The molecule has 1 aromatic rings. The molecule has 0 radical (unpaired) electrons. The molecule has 0 aromatic heterocycles. The summed E-state index contributed by atoms with van der Waals surface area (Å²) < 4.78 is 10.9. The number of carbonyl (C=O) groups excluding carboxylic acids is 1. The molecule has 0 heterocycles. The van der Waals surface area contributed by atoms with Crippen molar-refractivity contribution in [2.75, 3.05) is 20.3 Å². The summed E-state index contributed by atoms with van der Waals surface area (Å²) in [5.74, 6) is 1.53. The first-order valence-corrected chi connectivity index (χ1v) is 6.88. The minimum absolute atomic E-state index is 0.00486. The molecule has 0 aliphatic rings. The van der Waals surface area contributed by atoms with E-state index in [1.807, 2.05) is 32.0 Å². The minimum Gasteiger partial charge on any atom is -0.497 e. The van der Waals surface area contributed by atoms with Gasteiger partial charge in [-0.3, -0.25) is 4.79 Å². The van der Waals surface area contributed by atoms with Gasteiger partial charge in [0.05, 0.1) is 20.1 Å². The Labute approximate surface area is 120 Å². The zero-order valence-electron chi connectivity index (χ0n) is 12.4. The molecule has 1 rings (SSSR count). The second kappa shape index (κ2) is 8.43. The van der Waals surface area contributed by atoms with E-state index in [-0.39, 0.29) is 11.9 Å². The molecule has 0 saturated carbocycles. The van der Waals surface area contributed by atoms with E-state index in [0.717, 1.165) is 17.1 Å². The van der Waals surface area contributed by atoms with Gasteiger partial charge in [0.2, 0.25) is 5.91 Å². The Hall–Kier alpha value is -1.75. The summed E-state index contributed by atoms with van der Waals surface area (Å²) in [6.07, 6.45) is 1.05. The Kier molecular flexibility index (Phi) is 6.87. The second-order valence-corrected chi connectivity index (χ2v) is 4.71. The van der Waals surface area contributed by atoms with Gasteiger partial charge in [0.1, 0.15) is 11.5 Å². The maximum Gasteiger partial charge on any atom is 0.223 e. The lowest BCUT2D eigenvalue weighted by Crippen LogP contribution is -2.24. The van der Waals surface area contributed by atoms with Gasteiger partial charge in [0.25, 0.3) is 0 Å². The molecule has 5 heteroatoms. The molecule has 1 atom stereocenters. The van der Waals surface area contributed by atoms with Gasteiger partial charge in [-0.05, 0) is 44.0 Å². The zero-order chi connectivity index (χ0) is 15.0. The summed E-state index contributed by atoms with van der Waals surface area (Å²) in [5, 5.41) is 2.74. The highest BCUT2D eigenvalue weighted by atomic mass is 16.5. The van der Waals surface area contributed by atoms with Crippen LogP contribution in [0.15, 0.2) is 18.2 Å². The lowest BCUT2D eigenvalue weighted by Gasteiger charge is -2.14. The number of rotatable bonds is 8. The van der Waals surface area contributed by atoms with E-state index in [0.29, 0.717) is 26.0 Å². The monoisotopic (exact) mass is 280 g/mol. The number of amides is 1. The van der Waals surface area contributed by atoms with E-state index >= 15 is 0 Å². The first kappa shape index (κ1) is 16.3. The molecular weight excluding hydrogens is 256 g/mol. The van der Waals surface area contributed by atoms with E-state index in [2.05, 4.69) is 5.32 Å². The van der Waals surface area contributed by atoms with Crippen LogP contribution in [0.4, 0.5) is 0 Å². The second-order valence-electron chi connectivity index (χ2n) is 4.71. The Morgan fingerprint density at radius 2 is 2.20 bits per heavy atom. The Bertz CT molecular complexity index is 433. The fourth-order valence-electron chi connectivity index (χ4n) is 1.87. The smallest absolute Gasteiger partial charge is 0.223 e. The third-order valence-electron chi connectivity index (χ3n) is 2.77. The van der Waals surface area contributed by atoms with Crippen LogP contribution in [-0.2, 0) is 11.2 Å². The number of hydrogen-bond acceptors (Lipinski definition) is 4. The standard InChI is InChI=1S/C15H24N2O3/c1-4-17-15(18)7-8-20-14-6-5-13(19-3)10-12(14)9-11(2)16/h5-6,10-11H,4,7-9,16H2,1-3H3,(H,17,18). The van der Waals surface area contributed by atoms with Gasteiger partial charge in [-0.15, -0.1) is 0 Å². The molecule has 1 unspecified atom stereocenters. The highest BCUT2D eigenvalue weighted by Crippen LogP contribution is 2.25. The minimum atomic E-state index is -0.00486. The highest BCUT2D eigenvalue weighted by Gasteiger charge is 2.09. The number of carbonyl (C=O) groups is 1. The molecule has 5 nitrogen and oxygen atoms in total. The number of nitrogens with two attached hydrogens (primary N) is 1. The van der Waals surface area contributed by atoms with Gasteiger partial charge < -0.3 is 20.5 Å². The van der Waals surface area contributed by atoms with Crippen molar-refractivity contribution in [3.63, 3.8) is 0 Å². The summed E-state index contributed by atoms with van der Waals surface area (Å²) in [5.41, 5.74) is 6.84. The SMILES string of the molecule is CCNC(=O)CCOc1ccc(OC)cc1CC(C)N. The Morgan fingerprint density at radius 3 is 2.80 bits per heavy atom. The van der Waals surface area contributed by atoms with Crippen LogP contribution in [-0.4, -0.2) is 32.2 Å². The summed E-state index contributed by atoms with van der Waals surface area (Å²) >= 11 is 0. The molecule has 1 amide bonds. The molecule has 0 aliphatic heterocycles. The van der Waals surface area contributed by atoms with Crippen LogP contribution >= 0.6 is 0 Å². The topological polar surface area (TPSA) is 73.6 Å². The number of nitrogens with one attached hydrogen (secondary N) is 1. The zero-order valence-corrected chi connectivity index (χ0v) is 12.4. The molecule has 0 fully saturated rings. The van der Waals surface area contributed by atoms with Gasteiger partial charge in [0.15, 0.2) is 0 Å². The van der Waals surface area contributed by atoms with Crippen LogP contribution in [0.5, 0.6) is 11.5 Å². The molecule has 1 aromatic carbocycles. The number of hydrogen-bond donors (Lipinski definition) is 2. The summed E-state index contributed by atoms with van der Waals surface area (Å²) in [7, 11) is 1.63. The molecule has 112 valence electrons. The summed E-state index contributed by atoms with van der Waals surface area (Å²) in [6.45, 7) is 4.82. The van der Waals surface area contributed by atoms with Crippen LogP contribution in [0, 0.1) is 0 Å². The first-order valence-electron chi connectivity index (χ1n) is 6.88. The van der Waals surface area contributed by atoms with Gasteiger partial charge in [-0.2, -0.15) is 0 Å². The predicted octanol–water partition coefficient (Wildman–Crippen LogP) is 1.49. The number of ether oxygens (including phenoxy) is 2. The van der Waals surface area contributed by atoms with Crippen LogP contribution < -0.4 is 20.5 Å². The van der Waals surface area contributed by atoms with Crippen LogP contribution in [0.2, 0.25) is 0 Å². The highest BCUT2D eigenvalue weighted by molar-refractivity contribution is 5.75. The quantitative estimate of drug-likeness (QED) is 0.756. The molecule has 20 heavy (non-hydrogen) atoms. The normalized spacial score (nSPS) is 11.8. The van der Waals surface area contributed by atoms with E-state index in [4.69, 9.17) is 15.2 Å². The van der Waals surface area contributed by atoms with E-state index in [1.165, 1.54) is 0 Å². The van der Waals surface area contributed by atoms with Gasteiger partial charge in [0, 0.05) is 12.6 Å². The van der Waals surface area contributed by atoms with Crippen molar-refractivity contribution >= 4 is 5.91 Å². The maximum atomic E-state index is 11.4. The lowest BCUT2D eigenvalue weighted by atomic mass is 10.1. The van der Waals surface area contributed by atoms with Crippen molar-refractivity contribution < 1.29 is 14.3 Å². The number of benzene rings is 1. The Balaban J connectivity index is 2.65. The lowest BCUT2D eigenvalue weighted by molar-refractivity contribution is -0.121. The van der Waals surface area contributed by atoms with Crippen molar-refractivity contribution in [2.24, 2.45) is 5.73 Å². The maximum absolute atomic E-state index is 11.4. The number of methoxy groups -OCH3 is 1. The van der Waals surface area contributed by atoms with Crippen LogP contribution in [0.25, 0.3) is 0 Å². The molecule has 0 bridgehead atoms. The van der Waals surface area contributed by atoms with Crippen LogP contribution in [0.1, 0.15) is 25.8 Å².